The summed E-state index contributed by atoms with van der Waals surface area (Å²) in [5.41, 5.74) is 0.451. The van der Waals surface area contributed by atoms with E-state index >= 15 is 0 Å². The molecule has 2 N–H and O–H groups in total. The van der Waals surface area contributed by atoms with Gasteiger partial charge < -0.3 is 15.4 Å². The number of piperazine rings is 1. The van der Waals surface area contributed by atoms with E-state index in [1.54, 1.807) is 31.7 Å². The molecule has 1 atom stereocenters. The van der Waals surface area contributed by atoms with Gasteiger partial charge in [-0.3, -0.25) is 15.0 Å². The normalized spacial score (nSPS) is 22.1. The highest BCUT2D eigenvalue weighted by Crippen LogP contribution is 2.52. The van der Waals surface area contributed by atoms with Crippen molar-refractivity contribution >= 4 is 39.0 Å². The molecule has 3 rings (SSSR count). The number of aryl methyl sites for hydroxylation is 1. The highest BCUT2D eigenvalue weighted by atomic mass is 79.9. The average molecular weight is 496 g/mol. The zero-order chi connectivity index (χ0) is 22.4. The third kappa shape index (κ3) is 3.69. The fourth-order valence-electron chi connectivity index (χ4n) is 3.78. The van der Waals surface area contributed by atoms with Crippen molar-refractivity contribution in [2.45, 2.75) is 39.0 Å². The molecule has 1 aromatic rings. The van der Waals surface area contributed by atoms with Crippen molar-refractivity contribution < 1.29 is 27.6 Å². The van der Waals surface area contributed by atoms with Gasteiger partial charge in [0.15, 0.2) is 0 Å². The number of rotatable bonds is 4. The van der Waals surface area contributed by atoms with Crippen LogP contribution in [0.25, 0.3) is 0 Å². The van der Waals surface area contributed by atoms with E-state index in [0.717, 1.165) is 0 Å². The topological polar surface area (TPSA) is 100.0 Å². The molecular formula is C17H21BrF3N5O4. The molecule has 30 heavy (non-hydrogen) atoms. The average Bonchev–Trinajstić information content (AvgIpc) is 2.96. The number of fused-ring (bicyclic) bond motifs is 1. The number of carbonyl (C=O) groups is 1. The van der Waals surface area contributed by atoms with Gasteiger partial charge in [-0.25, -0.2) is 9.69 Å². The molecule has 1 saturated heterocycles. The van der Waals surface area contributed by atoms with E-state index in [0.29, 0.717) is 18.7 Å². The molecule has 166 valence electrons. The Kier molecular flexibility index (Phi) is 5.91. The quantitative estimate of drug-likeness (QED) is 0.373. The van der Waals surface area contributed by atoms with Gasteiger partial charge in [-0.15, -0.1) is 0 Å². The number of nitrogens with one attached hydrogen (secondary N) is 2. The summed E-state index contributed by atoms with van der Waals surface area (Å²) in [7, 11) is 0. The third-order valence-electron chi connectivity index (χ3n) is 4.99. The van der Waals surface area contributed by atoms with Crippen LogP contribution >= 0.6 is 15.9 Å². The smallest absolute Gasteiger partial charge is 0.399 e. The molecular weight excluding hydrogens is 475 g/mol. The molecule has 2 aliphatic heterocycles. The number of carbonyl (C=O) groups excluding carboxylic acids is 1. The Morgan fingerprint density at radius 1 is 1.37 bits per heavy atom. The summed E-state index contributed by atoms with van der Waals surface area (Å²) in [4.78, 5) is 26.1. The highest BCUT2D eigenvalue weighted by molar-refractivity contribution is 9.10. The molecule has 9 nitrogen and oxygen atoms in total. The Hall–Kier alpha value is -2.12. The minimum Gasteiger partial charge on any atom is -0.399 e. The second-order valence-electron chi connectivity index (χ2n) is 7.33. The molecule has 0 aromatic heterocycles. The van der Waals surface area contributed by atoms with Crippen LogP contribution in [-0.4, -0.2) is 60.2 Å². The van der Waals surface area contributed by atoms with Gasteiger partial charge >= 0.3 is 23.8 Å². The summed E-state index contributed by atoms with van der Waals surface area (Å²) >= 11 is 3.20. The predicted octanol–water partition coefficient (Wildman–Crippen LogP) is 2.93. The second-order valence-corrected chi connectivity index (χ2v) is 8.12. The monoisotopic (exact) mass is 495 g/mol. The molecule has 2 aliphatic rings. The summed E-state index contributed by atoms with van der Waals surface area (Å²) < 4.78 is 44.8. The molecule has 0 spiro atoms. The van der Waals surface area contributed by atoms with Crippen LogP contribution in [0.4, 0.5) is 30.2 Å². The van der Waals surface area contributed by atoms with Crippen molar-refractivity contribution in [1.29, 1.82) is 0 Å². The van der Waals surface area contributed by atoms with Gasteiger partial charge in [0.1, 0.15) is 10.2 Å². The van der Waals surface area contributed by atoms with E-state index < -0.39 is 29.1 Å². The highest BCUT2D eigenvalue weighted by Gasteiger charge is 2.58. The Morgan fingerprint density at radius 3 is 2.47 bits per heavy atom. The summed E-state index contributed by atoms with van der Waals surface area (Å²) in [6.45, 7) is 6.45. The second kappa shape index (κ2) is 7.85. The molecule has 2 heterocycles. The van der Waals surface area contributed by atoms with Gasteiger partial charge in [0, 0.05) is 32.2 Å². The first-order valence-corrected chi connectivity index (χ1v) is 10.0. The molecule has 0 amide bonds. The lowest BCUT2D eigenvalue weighted by molar-refractivity contribution is -0.384. The van der Waals surface area contributed by atoms with Crippen LogP contribution in [0.15, 0.2) is 10.5 Å². The number of nitro groups is 1. The number of alkyl halides is 3. The Bertz CT molecular complexity index is 876. The van der Waals surface area contributed by atoms with Crippen LogP contribution in [0.1, 0.15) is 19.4 Å². The van der Waals surface area contributed by atoms with Crippen molar-refractivity contribution in [2.24, 2.45) is 0 Å². The minimum absolute atomic E-state index is 0.0142. The number of hydrogen-bond acceptors (Lipinski definition) is 8. The summed E-state index contributed by atoms with van der Waals surface area (Å²) in [5, 5.41) is 17.6. The van der Waals surface area contributed by atoms with Gasteiger partial charge in [-0.1, -0.05) is 0 Å². The van der Waals surface area contributed by atoms with Crippen molar-refractivity contribution in [2.75, 3.05) is 36.4 Å². The summed E-state index contributed by atoms with van der Waals surface area (Å²) in [6, 6.07) is 1.15. The van der Waals surface area contributed by atoms with Gasteiger partial charge in [0.2, 0.25) is 0 Å². The van der Waals surface area contributed by atoms with Gasteiger partial charge in [-0.2, -0.15) is 13.2 Å². The number of hydrogen-bond donors (Lipinski definition) is 2. The van der Waals surface area contributed by atoms with Crippen molar-refractivity contribution in [3.8, 4) is 0 Å². The lowest BCUT2D eigenvalue weighted by Crippen LogP contribution is -2.70. The van der Waals surface area contributed by atoms with Crippen molar-refractivity contribution in [3.05, 3.63) is 26.2 Å². The van der Waals surface area contributed by atoms with E-state index in [-0.39, 0.29) is 34.6 Å². The maximum atomic E-state index is 13.2. The fraction of sp³-hybridized carbons (Fsp3) is 0.588. The van der Waals surface area contributed by atoms with E-state index in [2.05, 4.69) is 26.6 Å². The van der Waals surface area contributed by atoms with Crippen LogP contribution in [0, 0.1) is 17.0 Å². The van der Waals surface area contributed by atoms with Crippen molar-refractivity contribution in [3.63, 3.8) is 0 Å². The zero-order valence-electron chi connectivity index (χ0n) is 16.5. The first-order chi connectivity index (χ1) is 13.9. The standard InChI is InChI=1S/C17H21BrF3N5O4/c1-9(2)25-11-8-10(3)12(18)14(26(28)29)13(11)23-17(25,24-6-4-22-5-7-24)30-15(27)16(19,20)21/h8-9,22-23H,4-7H2,1-3H3. The molecule has 1 fully saturated rings. The van der Waals surface area contributed by atoms with Gasteiger partial charge in [0.25, 0.3) is 0 Å². The number of esters is 1. The van der Waals surface area contributed by atoms with Gasteiger partial charge in [0.05, 0.1) is 10.6 Å². The third-order valence-corrected chi connectivity index (χ3v) is 5.99. The number of nitro benzene ring substituents is 1. The van der Waals surface area contributed by atoms with Crippen LogP contribution in [-0.2, 0) is 9.53 Å². The van der Waals surface area contributed by atoms with E-state index in [1.807, 2.05) is 0 Å². The van der Waals surface area contributed by atoms with Crippen LogP contribution in [0.3, 0.4) is 0 Å². The zero-order valence-corrected chi connectivity index (χ0v) is 18.1. The lowest BCUT2D eigenvalue weighted by atomic mass is 10.1. The summed E-state index contributed by atoms with van der Waals surface area (Å²) in [5.74, 6) is -4.45. The van der Waals surface area contributed by atoms with Gasteiger partial charge in [-0.05, 0) is 48.3 Å². The molecule has 0 bridgehead atoms. The SMILES string of the molecule is Cc1cc2c(c([N+](=O)[O-])c1Br)NC(OC(=O)C(F)(F)F)(N1CCNCC1)N2C(C)C. The summed E-state index contributed by atoms with van der Waals surface area (Å²) in [6.07, 6.45) is -5.23. The number of halogens is 4. The Morgan fingerprint density at radius 2 is 1.97 bits per heavy atom. The number of ether oxygens (including phenoxy) is 1. The number of benzene rings is 1. The number of nitrogens with zero attached hydrogens (tertiary/aromatic N) is 3. The van der Waals surface area contributed by atoms with E-state index in [4.69, 9.17) is 4.74 Å². The molecule has 0 aliphatic carbocycles. The largest absolute Gasteiger partial charge is 0.491 e. The first-order valence-electron chi connectivity index (χ1n) is 9.21. The first kappa shape index (κ1) is 22.6. The van der Waals surface area contributed by atoms with Crippen molar-refractivity contribution in [1.82, 2.24) is 10.2 Å². The lowest BCUT2D eigenvalue weighted by Gasteiger charge is -2.48. The minimum atomic E-state index is -5.23. The molecule has 1 unspecified atom stereocenters. The molecule has 1 aromatic carbocycles. The predicted molar refractivity (Wildman–Crippen MR) is 106 cm³/mol. The number of anilines is 2. The maximum Gasteiger partial charge on any atom is 0.491 e. The molecule has 13 heteroatoms. The van der Waals surface area contributed by atoms with E-state index in [9.17, 15) is 28.1 Å². The Balaban J connectivity index is 2.24. The van der Waals surface area contributed by atoms with Crippen LogP contribution < -0.4 is 15.5 Å². The van der Waals surface area contributed by atoms with E-state index in [1.165, 1.54) is 4.90 Å². The molecule has 0 radical (unpaired) electrons. The fourth-order valence-corrected chi connectivity index (χ4v) is 4.24. The molecule has 0 saturated carbocycles. The Labute approximate surface area is 178 Å². The van der Waals surface area contributed by atoms with Crippen LogP contribution in [0.5, 0.6) is 0 Å². The van der Waals surface area contributed by atoms with Crippen LogP contribution in [0.2, 0.25) is 0 Å². The maximum absolute atomic E-state index is 13.2.